The number of hydrogen-bond donors (Lipinski definition) is 0. The second-order valence-corrected chi connectivity index (χ2v) is 20.3. The lowest BCUT2D eigenvalue weighted by Crippen LogP contribution is -2.14. The Kier molecular flexibility index (Phi) is 9.05. The molecule has 3 aromatic heterocycles. The van der Waals surface area contributed by atoms with Gasteiger partial charge in [-0.25, -0.2) is 0 Å². The molecule has 0 aliphatic heterocycles. The Labute approximate surface area is 390 Å². The number of aryl methyl sites for hydroxylation is 2. The van der Waals surface area contributed by atoms with Crippen LogP contribution in [0.1, 0.15) is 63.8 Å². The largest absolute Gasteiger partial charge is 0.454 e. The van der Waals surface area contributed by atoms with E-state index in [0.29, 0.717) is 0 Å². The van der Waals surface area contributed by atoms with E-state index in [2.05, 4.69) is 235 Å². The maximum absolute atomic E-state index is 7.33. The normalized spacial score (nSPS) is 12.5. The van der Waals surface area contributed by atoms with E-state index in [9.17, 15) is 0 Å². The van der Waals surface area contributed by atoms with Gasteiger partial charge >= 0.3 is 0 Å². The van der Waals surface area contributed by atoms with Crippen molar-refractivity contribution in [1.82, 2.24) is 0 Å². The molecule has 67 heavy (non-hydrogen) atoms. The second-order valence-electron chi connectivity index (χ2n) is 20.3. The van der Waals surface area contributed by atoms with Crippen molar-refractivity contribution in [2.24, 2.45) is 0 Å². The standard InChI is InChI=1S/C62H52N2O3/c1-37-19-13-21-39(35-37)63(50-32-17-28-45-43-26-15-30-48(61(3,4)5)56(43)66-58(45)50)54-41-23-9-10-24-42(41)55(60-53(54)47-25-11-12-34-52(47)65-60)64(40-22-14-20-38(2)36-40)51-33-18-29-46-44-27-16-31-49(62(6,7)8)57(44)67-59(46)51/h9-36H,1-8H3. The maximum atomic E-state index is 7.33. The number of nitrogens with zero attached hydrogens (tertiary/aromatic N) is 2. The van der Waals surface area contributed by atoms with E-state index in [1.54, 1.807) is 0 Å². The molecule has 12 aromatic rings. The first-order valence-corrected chi connectivity index (χ1v) is 23.3. The highest BCUT2D eigenvalue weighted by molar-refractivity contribution is 6.29. The van der Waals surface area contributed by atoms with Gasteiger partial charge in [0.2, 0.25) is 0 Å². The van der Waals surface area contributed by atoms with Crippen LogP contribution in [0.2, 0.25) is 0 Å². The molecule has 0 radical (unpaired) electrons. The molecule has 0 aliphatic rings. The molecule has 0 saturated carbocycles. The minimum atomic E-state index is -0.124. The predicted octanol–water partition coefficient (Wildman–Crippen LogP) is 18.7. The van der Waals surface area contributed by atoms with Crippen molar-refractivity contribution < 1.29 is 13.3 Å². The summed E-state index contributed by atoms with van der Waals surface area (Å²) in [7, 11) is 0. The summed E-state index contributed by atoms with van der Waals surface area (Å²) in [5.74, 6) is 0. The van der Waals surface area contributed by atoms with Crippen LogP contribution in [0, 0.1) is 13.8 Å². The van der Waals surface area contributed by atoms with Crippen LogP contribution in [0.15, 0.2) is 183 Å². The highest BCUT2D eigenvalue weighted by atomic mass is 16.3. The molecular weight excluding hydrogens is 821 g/mol. The van der Waals surface area contributed by atoms with E-state index in [4.69, 9.17) is 13.3 Å². The molecule has 12 rings (SSSR count). The van der Waals surface area contributed by atoms with E-state index < -0.39 is 0 Å². The summed E-state index contributed by atoms with van der Waals surface area (Å²) in [5.41, 5.74) is 15.3. The van der Waals surface area contributed by atoms with Gasteiger partial charge in [0.15, 0.2) is 16.7 Å². The minimum Gasteiger partial charge on any atom is -0.454 e. The first-order chi connectivity index (χ1) is 32.3. The lowest BCUT2D eigenvalue weighted by Gasteiger charge is -2.31. The van der Waals surface area contributed by atoms with Crippen molar-refractivity contribution in [2.75, 3.05) is 9.80 Å². The Morgan fingerprint density at radius 1 is 0.343 bits per heavy atom. The van der Waals surface area contributed by atoms with Crippen LogP contribution in [0.25, 0.3) is 76.6 Å². The van der Waals surface area contributed by atoms with E-state index >= 15 is 0 Å². The van der Waals surface area contributed by atoms with E-state index in [0.717, 1.165) is 122 Å². The molecule has 0 saturated heterocycles. The Morgan fingerprint density at radius 2 is 0.746 bits per heavy atom. The minimum absolute atomic E-state index is 0.123. The van der Waals surface area contributed by atoms with E-state index in [1.165, 1.54) is 11.1 Å². The fraction of sp³-hybridized carbons (Fsp3) is 0.161. The molecule has 0 bridgehead atoms. The molecule has 0 amide bonds. The van der Waals surface area contributed by atoms with E-state index in [1.807, 2.05) is 0 Å². The Bertz CT molecular complexity index is 3940. The average molecular weight is 873 g/mol. The first-order valence-electron chi connectivity index (χ1n) is 23.3. The molecule has 0 N–H and O–H groups in total. The number of fused-ring (bicyclic) bond motifs is 10. The van der Waals surface area contributed by atoms with Gasteiger partial charge in [0.25, 0.3) is 0 Å². The number of furan rings is 3. The third-order valence-corrected chi connectivity index (χ3v) is 13.6. The number of benzene rings is 9. The zero-order chi connectivity index (χ0) is 45.9. The van der Waals surface area contributed by atoms with E-state index in [-0.39, 0.29) is 10.8 Å². The van der Waals surface area contributed by atoms with Crippen LogP contribution in [0.5, 0.6) is 0 Å². The zero-order valence-electron chi connectivity index (χ0n) is 39.3. The van der Waals surface area contributed by atoms with Gasteiger partial charge in [0.1, 0.15) is 16.7 Å². The van der Waals surface area contributed by atoms with Crippen molar-refractivity contribution in [3.8, 4) is 0 Å². The van der Waals surface area contributed by atoms with Crippen molar-refractivity contribution >= 4 is 111 Å². The number of para-hydroxylation sites is 5. The van der Waals surface area contributed by atoms with Crippen LogP contribution in [-0.2, 0) is 10.8 Å². The lowest BCUT2D eigenvalue weighted by molar-refractivity contribution is 0.572. The lowest BCUT2D eigenvalue weighted by atomic mass is 9.86. The molecule has 5 heteroatoms. The molecular formula is C62H52N2O3. The highest BCUT2D eigenvalue weighted by Gasteiger charge is 2.33. The summed E-state index contributed by atoms with van der Waals surface area (Å²) < 4.78 is 21.7. The van der Waals surface area contributed by atoms with Crippen molar-refractivity contribution in [2.45, 2.75) is 66.2 Å². The molecule has 0 fully saturated rings. The smallest absolute Gasteiger partial charge is 0.162 e. The third kappa shape index (κ3) is 6.36. The molecule has 0 atom stereocenters. The monoisotopic (exact) mass is 872 g/mol. The summed E-state index contributed by atoms with van der Waals surface area (Å²) >= 11 is 0. The molecule has 5 nitrogen and oxygen atoms in total. The van der Waals surface area contributed by atoms with Crippen LogP contribution >= 0.6 is 0 Å². The SMILES string of the molecule is Cc1cccc(N(c2cccc3c2oc2c(C(C)(C)C)cccc23)c2c3ccccc3c(N(c3cccc(C)c3)c3cccc4c3oc3c(C(C)(C)C)cccc34)c3c2oc2ccccc23)c1. The Hall–Kier alpha value is -7.76. The van der Waals surface area contributed by atoms with Gasteiger partial charge in [0.05, 0.1) is 28.1 Å². The quantitative estimate of drug-likeness (QED) is 0.156. The molecule has 9 aromatic carbocycles. The van der Waals surface area contributed by atoms with Gasteiger partial charge < -0.3 is 23.1 Å². The Morgan fingerprint density at radius 3 is 1.24 bits per heavy atom. The third-order valence-electron chi connectivity index (χ3n) is 13.6. The maximum Gasteiger partial charge on any atom is 0.162 e. The van der Waals surface area contributed by atoms with Crippen LogP contribution in [0.3, 0.4) is 0 Å². The first kappa shape index (κ1) is 40.7. The topological polar surface area (TPSA) is 45.9 Å². The second kappa shape index (κ2) is 14.9. The fourth-order valence-corrected chi connectivity index (χ4v) is 10.5. The van der Waals surface area contributed by atoms with Crippen molar-refractivity contribution in [3.63, 3.8) is 0 Å². The van der Waals surface area contributed by atoms with Gasteiger partial charge in [-0.15, -0.1) is 0 Å². The van der Waals surface area contributed by atoms with Crippen molar-refractivity contribution in [1.29, 1.82) is 0 Å². The van der Waals surface area contributed by atoms with Crippen LogP contribution in [-0.4, -0.2) is 0 Å². The predicted molar refractivity (Wildman–Crippen MR) is 282 cm³/mol. The highest BCUT2D eigenvalue weighted by Crippen LogP contribution is 2.56. The van der Waals surface area contributed by atoms with Gasteiger partial charge in [-0.2, -0.15) is 0 Å². The van der Waals surface area contributed by atoms with Crippen LogP contribution < -0.4 is 9.80 Å². The summed E-state index contributed by atoms with van der Waals surface area (Å²) in [4.78, 5) is 4.78. The summed E-state index contributed by atoms with van der Waals surface area (Å²) in [6, 6.07) is 61.0. The number of rotatable bonds is 6. The van der Waals surface area contributed by atoms with Crippen LogP contribution in [0.4, 0.5) is 34.1 Å². The zero-order valence-corrected chi connectivity index (χ0v) is 39.3. The molecule has 3 heterocycles. The van der Waals surface area contributed by atoms with Gasteiger partial charge in [-0.1, -0.05) is 169 Å². The fourth-order valence-electron chi connectivity index (χ4n) is 10.5. The summed E-state index contributed by atoms with van der Waals surface area (Å²) in [5, 5.41) is 8.46. The summed E-state index contributed by atoms with van der Waals surface area (Å²) in [6.45, 7) is 17.8. The van der Waals surface area contributed by atoms with Crippen molar-refractivity contribution in [3.05, 3.63) is 192 Å². The van der Waals surface area contributed by atoms with Gasteiger partial charge in [0, 0.05) is 60.2 Å². The number of anilines is 6. The van der Waals surface area contributed by atoms with Gasteiger partial charge in [-0.3, -0.25) is 0 Å². The molecule has 0 unspecified atom stereocenters. The summed E-state index contributed by atoms with van der Waals surface area (Å²) in [6.07, 6.45) is 0. The molecule has 328 valence electrons. The average Bonchev–Trinajstić information content (AvgIpc) is 4.01. The molecule has 0 spiro atoms. The Balaban J connectivity index is 1.24. The molecule has 0 aliphatic carbocycles. The van der Waals surface area contributed by atoms with Gasteiger partial charge in [-0.05, 0) is 78.3 Å². The number of hydrogen-bond acceptors (Lipinski definition) is 5.